The van der Waals surface area contributed by atoms with Crippen molar-refractivity contribution in [3.05, 3.63) is 12.7 Å². The molecule has 0 aliphatic carbocycles. The van der Waals surface area contributed by atoms with E-state index in [1.807, 2.05) is 4.90 Å². The summed E-state index contributed by atoms with van der Waals surface area (Å²) in [5.41, 5.74) is 0. The van der Waals surface area contributed by atoms with E-state index >= 15 is 0 Å². The second-order valence-corrected chi connectivity index (χ2v) is 4.73. The molecule has 0 saturated carbocycles. The highest BCUT2D eigenvalue weighted by molar-refractivity contribution is 5.95. The summed E-state index contributed by atoms with van der Waals surface area (Å²) in [7, 11) is 0. The molecule has 1 rings (SSSR count). The van der Waals surface area contributed by atoms with Crippen LogP contribution in [0.4, 0.5) is 4.79 Å². The SMILES string of the molecule is C=CCNC(=O)NC(=O)CN1CCC(OCC(=O)O)CC1. The Bertz CT molecular complexity index is 391. The van der Waals surface area contributed by atoms with Crippen molar-refractivity contribution in [2.75, 3.05) is 32.8 Å². The third kappa shape index (κ3) is 7.42. The third-order valence-corrected chi connectivity index (χ3v) is 3.00. The molecular formula is C13H21N3O5. The Morgan fingerprint density at radius 3 is 2.57 bits per heavy atom. The first-order chi connectivity index (χ1) is 10.0. The Balaban J connectivity index is 2.19. The first-order valence-electron chi connectivity index (χ1n) is 6.75. The summed E-state index contributed by atoms with van der Waals surface area (Å²) in [6.45, 7) is 4.85. The Hall–Kier alpha value is -1.93. The van der Waals surface area contributed by atoms with Gasteiger partial charge in [-0.25, -0.2) is 9.59 Å². The number of ether oxygens (including phenoxy) is 1. The lowest BCUT2D eigenvalue weighted by atomic mass is 10.1. The number of rotatable bonds is 7. The molecule has 3 amide bonds. The molecule has 1 heterocycles. The number of carboxylic acids is 1. The van der Waals surface area contributed by atoms with Crippen molar-refractivity contribution in [1.29, 1.82) is 0 Å². The maximum absolute atomic E-state index is 11.6. The largest absolute Gasteiger partial charge is 0.480 e. The monoisotopic (exact) mass is 299 g/mol. The average Bonchev–Trinajstić information content (AvgIpc) is 2.44. The van der Waals surface area contributed by atoms with E-state index in [4.69, 9.17) is 9.84 Å². The zero-order valence-corrected chi connectivity index (χ0v) is 11.8. The molecule has 1 fully saturated rings. The second-order valence-electron chi connectivity index (χ2n) is 4.73. The lowest BCUT2D eigenvalue weighted by Crippen LogP contribution is -2.47. The van der Waals surface area contributed by atoms with Crippen molar-refractivity contribution in [2.24, 2.45) is 0 Å². The Morgan fingerprint density at radius 1 is 1.33 bits per heavy atom. The molecule has 0 aromatic carbocycles. The zero-order valence-electron chi connectivity index (χ0n) is 11.8. The van der Waals surface area contributed by atoms with E-state index < -0.39 is 12.0 Å². The molecule has 0 spiro atoms. The summed E-state index contributed by atoms with van der Waals surface area (Å²) in [6.07, 6.45) is 2.77. The number of hydrogen-bond donors (Lipinski definition) is 3. The van der Waals surface area contributed by atoms with Gasteiger partial charge in [0.15, 0.2) is 0 Å². The van der Waals surface area contributed by atoms with Gasteiger partial charge in [0.1, 0.15) is 6.61 Å². The van der Waals surface area contributed by atoms with Crippen LogP contribution in [0.1, 0.15) is 12.8 Å². The van der Waals surface area contributed by atoms with Crippen LogP contribution in [0.3, 0.4) is 0 Å². The molecule has 0 radical (unpaired) electrons. The van der Waals surface area contributed by atoms with E-state index in [0.717, 1.165) is 0 Å². The highest BCUT2D eigenvalue weighted by Crippen LogP contribution is 2.13. The number of urea groups is 1. The molecule has 1 aliphatic rings. The fraction of sp³-hybridized carbons (Fsp3) is 0.615. The summed E-state index contributed by atoms with van der Waals surface area (Å²) in [5, 5.41) is 13.2. The van der Waals surface area contributed by atoms with Gasteiger partial charge in [-0.2, -0.15) is 0 Å². The number of hydrogen-bond acceptors (Lipinski definition) is 5. The first kappa shape index (κ1) is 17.1. The minimum absolute atomic E-state index is 0.0868. The molecule has 0 bridgehead atoms. The minimum Gasteiger partial charge on any atom is -0.480 e. The summed E-state index contributed by atoms with van der Waals surface area (Å²) >= 11 is 0. The molecule has 8 heteroatoms. The van der Waals surface area contributed by atoms with Gasteiger partial charge in [-0.3, -0.25) is 15.0 Å². The van der Waals surface area contributed by atoms with E-state index in [9.17, 15) is 14.4 Å². The van der Waals surface area contributed by atoms with Gasteiger partial charge in [0, 0.05) is 19.6 Å². The van der Waals surface area contributed by atoms with Crippen molar-refractivity contribution >= 4 is 17.9 Å². The summed E-state index contributed by atoms with van der Waals surface area (Å²) in [6, 6.07) is -0.542. The van der Waals surface area contributed by atoms with Crippen LogP contribution in [0.5, 0.6) is 0 Å². The quantitative estimate of drug-likeness (QED) is 0.550. The first-order valence-corrected chi connectivity index (χ1v) is 6.75. The topological polar surface area (TPSA) is 108 Å². The fourth-order valence-corrected chi connectivity index (χ4v) is 2.00. The maximum Gasteiger partial charge on any atom is 0.329 e. The van der Waals surface area contributed by atoms with E-state index in [0.29, 0.717) is 32.5 Å². The van der Waals surface area contributed by atoms with Crippen molar-refractivity contribution < 1.29 is 24.2 Å². The van der Waals surface area contributed by atoms with Gasteiger partial charge in [0.2, 0.25) is 5.91 Å². The Morgan fingerprint density at radius 2 is 2.00 bits per heavy atom. The highest BCUT2D eigenvalue weighted by atomic mass is 16.5. The van der Waals surface area contributed by atoms with Crippen LogP contribution in [0.2, 0.25) is 0 Å². The van der Waals surface area contributed by atoms with Gasteiger partial charge in [0.25, 0.3) is 0 Å². The average molecular weight is 299 g/mol. The molecule has 0 aromatic heterocycles. The van der Waals surface area contributed by atoms with E-state index in [1.54, 1.807) is 0 Å². The van der Waals surface area contributed by atoms with Gasteiger partial charge in [-0.1, -0.05) is 6.08 Å². The van der Waals surface area contributed by atoms with Crippen LogP contribution in [0.25, 0.3) is 0 Å². The number of imide groups is 1. The second kappa shape index (κ2) is 9.09. The number of likely N-dealkylation sites (tertiary alicyclic amines) is 1. The predicted molar refractivity (Wildman–Crippen MR) is 74.8 cm³/mol. The molecule has 118 valence electrons. The molecule has 8 nitrogen and oxygen atoms in total. The van der Waals surface area contributed by atoms with Crippen molar-refractivity contribution in [2.45, 2.75) is 18.9 Å². The van der Waals surface area contributed by atoms with E-state index in [2.05, 4.69) is 17.2 Å². The van der Waals surface area contributed by atoms with Crippen LogP contribution < -0.4 is 10.6 Å². The number of carbonyl (C=O) groups is 3. The van der Waals surface area contributed by atoms with Crippen molar-refractivity contribution in [3.8, 4) is 0 Å². The number of nitrogens with zero attached hydrogens (tertiary/aromatic N) is 1. The molecule has 1 aliphatic heterocycles. The Labute approximate surface area is 123 Å². The normalized spacial score (nSPS) is 16.2. The van der Waals surface area contributed by atoms with Gasteiger partial charge < -0.3 is 15.2 Å². The molecule has 0 atom stereocenters. The molecule has 0 unspecified atom stereocenters. The summed E-state index contributed by atoms with van der Waals surface area (Å²) in [4.78, 5) is 35.2. The van der Waals surface area contributed by atoms with Crippen LogP contribution in [-0.4, -0.2) is 66.8 Å². The molecular weight excluding hydrogens is 278 g/mol. The van der Waals surface area contributed by atoms with E-state index in [1.165, 1.54) is 6.08 Å². The van der Waals surface area contributed by atoms with Gasteiger partial charge in [-0.05, 0) is 12.8 Å². The van der Waals surface area contributed by atoms with Crippen molar-refractivity contribution in [1.82, 2.24) is 15.5 Å². The standard InChI is InChI=1S/C13H21N3O5/c1-2-5-14-13(20)15-11(17)8-16-6-3-10(4-7-16)21-9-12(18)19/h2,10H,1,3-9H2,(H,18,19)(H2,14,15,17,20). The summed E-state index contributed by atoms with van der Waals surface area (Å²) < 4.78 is 5.21. The predicted octanol–water partition coefficient (Wildman–Crippen LogP) is -0.436. The maximum atomic E-state index is 11.6. The smallest absolute Gasteiger partial charge is 0.329 e. The zero-order chi connectivity index (χ0) is 15.7. The number of nitrogens with one attached hydrogen (secondary N) is 2. The molecule has 1 saturated heterocycles. The lowest BCUT2D eigenvalue weighted by molar-refractivity contribution is -0.145. The van der Waals surface area contributed by atoms with Gasteiger partial charge >= 0.3 is 12.0 Å². The molecule has 3 N–H and O–H groups in total. The lowest BCUT2D eigenvalue weighted by Gasteiger charge is -2.30. The van der Waals surface area contributed by atoms with Crippen LogP contribution >= 0.6 is 0 Å². The summed E-state index contributed by atoms with van der Waals surface area (Å²) in [5.74, 6) is -1.36. The minimum atomic E-state index is -0.984. The number of amides is 3. The number of carboxylic acid groups (broad SMARTS) is 1. The highest BCUT2D eigenvalue weighted by Gasteiger charge is 2.22. The van der Waals surface area contributed by atoms with Crippen LogP contribution in [0.15, 0.2) is 12.7 Å². The molecule has 0 aromatic rings. The number of piperidine rings is 1. The van der Waals surface area contributed by atoms with Crippen LogP contribution in [-0.2, 0) is 14.3 Å². The Kier molecular flexibility index (Phi) is 7.41. The van der Waals surface area contributed by atoms with Crippen molar-refractivity contribution in [3.63, 3.8) is 0 Å². The number of carbonyl (C=O) groups excluding carboxylic acids is 2. The van der Waals surface area contributed by atoms with E-state index in [-0.39, 0.29) is 25.2 Å². The molecule has 21 heavy (non-hydrogen) atoms. The van der Waals surface area contributed by atoms with Gasteiger partial charge in [0.05, 0.1) is 12.6 Å². The fourth-order valence-electron chi connectivity index (χ4n) is 2.00. The van der Waals surface area contributed by atoms with Crippen LogP contribution in [0, 0.1) is 0 Å². The third-order valence-electron chi connectivity index (χ3n) is 3.00. The number of aliphatic carboxylic acids is 1. The van der Waals surface area contributed by atoms with Gasteiger partial charge in [-0.15, -0.1) is 6.58 Å².